The molecule has 0 spiro atoms. The van der Waals surface area contributed by atoms with Gasteiger partial charge in [-0.15, -0.1) is 24.2 Å². The van der Waals surface area contributed by atoms with Gasteiger partial charge in [-0.25, -0.2) is 0 Å². The second-order valence-corrected chi connectivity index (χ2v) is 6.17. The van der Waals surface area contributed by atoms with Gasteiger partial charge in [0.2, 0.25) is 11.8 Å². The minimum atomic E-state index is -0.298. The van der Waals surface area contributed by atoms with Gasteiger partial charge < -0.3 is 15.5 Å². The first-order chi connectivity index (χ1) is 9.61. The van der Waals surface area contributed by atoms with Gasteiger partial charge in [0.25, 0.3) is 0 Å². The van der Waals surface area contributed by atoms with Crippen LogP contribution in [0.15, 0.2) is 0 Å². The van der Waals surface area contributed by atoms with Crippen molar-refractivity contribution >= 4 is 36.0 Å². The molecule has 1 aliphatic heterocycles. The number of thioether (sulfide) groups is 1. The number of rotatable bonds is 8. The molecule has 0 radical (unpaired) electrons. The van der Waals surface area contributed by atoms with Gasteiger partial charge in [-0.1, -0.05) is 20.8 Å². The molecule has 1 heterocycles. The first-order valence-electron chi connectivity index (χ1n) is 7.48. The van der Waals surface area contributed by atoms with Gasteiger partial charge in [-0.2, -0.15) is 0 Å². The summed E-state index contributed by atoms with van der Waals surface area (Å²) in [5, 5.41) is 6.16. The quantitative estimate of drug-likeness (QED) is 0.658. The molecule has 1 saturated heterocycles. The molecule has 2 amide bonds. The second kappa shape index (κ2) is 11.2. The molecule has 0 bridgehead atoms. The highest BCUT2D eigenvalue weighted by Gasteiger charge is 2.35. The van der Waals surface area contributed by atoms with Gasteiger partial charge in [-0.3, -0.25) is 9.59 Å². The fourth-order valence-electron chi connectivity index (χ4n) is 2.03. The van der Waals surface area contributed by atoms with Crippen LogP contribution in [0.4, 0.5) is 0 Å². The lowest BCUT2D eigenvalue weighted by atomic mass is 10.1. The van der Waals surface area contributed by atoms with Gasteiger partial charge >= 0.3 is 0 Å². The summed E-state index contributed by atoms with van der Waals surface area (Å²) in [5.41, 5.74) is 0. The topological polar surface area (TPSA) is 61.4 Å². The van der Waals surface area contributed by atoms with Crippen molar-refractivity contribution in [3.63, 3.8) is 0 Å². The van der Waals surface area contributed by atoms with Gasteiger partial charge in [0, 0.05) is 24.8 Å². The van der Waals surface area contributed by atoms with Gasteiger partial charge in [-0.05, 0) is 19.4 Å². The Morgan fingerprint density at radius 3 is 2.62 bits per heavy atom. The summed E-state index contributed by atoms with van der Waals surface area (Å²) in [5.74, 6) is 1.41. The molecule has 0 aromatic rings. The van der Waals surface area contributed by atoms with E-state index >= 15 is 0 Å². The van der Waals surface area contributed by atoms with Crippen molar-refractivity contribution < 1.29 is 9.59 Å². The maximum atomic E-state index is 12.2. The number of hydrogen-bond donors (Lipinski definition) is 2. The molecule has 0 aliphatic carbocycles. The first-order valence-corrected chi connectivity index (χ1v) is 8.63. The SMILES string of the molecule is CCCNCCNC(=O)C1CSCN1C(=O)C(C)CC.Cl. The molecule has 7 heteroatoms. The van der Waals surface area contributed by atoms with E-state index < -0.39 is 0 Å². The molecule has 0 aromatic carbocycles. The van der Waals surface area contributed by atoms with Crippen LogP contribution in [-0.4, -0.2) is 54.0 Å². The lowest BCUT2D eigenvalue weighted by Gasteiger charge is -2.25. The Balaban J connectivity index is 0.00000400. The number of hydrogen-bond acceptors (Lipinski definition) is 4. The Labute approximate surface area is 138 Å². The summed E-state index contributed by atoms with van der Waals surface area (Å²) in [6.45, 7) is 8.40. The zero-order valence-corrected chi connectivity index (χ0v) is 14.8. The molecule has 1 rings (SSSR count). The van der Waals surface area contributed by atoms with Crippen molar-refractivity contribution in [1.82, 2.24) is 15.5 Å². The molecule has 1 aliphatic rings. The lowest BCUT2D eigenvalue weighted by Crippen LogP contribution is -2.49. The minimum Gasteiger partial charge on any atom is -0.353 e. The molecular weight excluding hydrogens is 310 g/mol. The predicted octanol–water partition coefficient (Wildman–Crippen LogP) is 1.47. The number of nitrogens with one attached hydrogen (secondary N) is 2. The Morgan fingerprint density at radius 2 is 2.00 bits per heavy atom. The molecule has 0 aromatic heterocycles. The van der Waals surface area contributed by atoms with E-state index in [-0.39, 0.29) is 36.2 Å². The summed E-state index contributed by atoms with van der Waals surface area (Å²) in [4.78, 5) is 26.1. The second-order valence-electron chi connectivity index (χ2n) is 5.17. The van der Waals surface area contributed by atoms with Gasteiger partial charge in [0.05, 0.1) is 5.88 Å². The summed E-state index contributed by atoms with van der Waals surface area (Å²) >= 11 is 1.65. The van der Waals surface area contributed by atoms with E-state index in [1.54, 1.807) is 16.7 Å². The highest BCUT2D eigenvalue weighted by molar-refractivity contribution is 7.99. The number of carbonyl (C=O) groups is 2. The number of halogens is 1. The van der Waals surface area contributed by atoms with Gasteiger partial charge in [0.15, 0.2) is 0 Å². The zero-order chi connectivity index (χ0) is 15.0. The van der Waals surface area contributed by atoms with Crippen LogP contribution in [0.3, 0.4) is 0 Å². The zero-order valence-electron chi connectivity index (χ0n) is 13.2. The molecule has 124 valence electrons. The molecular formula is C14H28ClN3O2S. The lowest BCUT2D eigenvalue weighted by molar-refractivity contribution is -0.140. The summed E-state index contributed by atoms with van der Waals surface area (Å²) in [6.07, 6.45) is 1.90. The van der Waals surface area contributed by atoms with Crippen LogP contribution in [0, 0.1) is 5.92 Å². The first kappa shape index (κ1) is 20.5. The average molecular weight is 338 g/mol. The van der Waals surface area contributed by atoms with Crippen LogP contribution >= 0.6 is 24.2 Å². The van der Waals surface area contributed by atoms with E-state index in [0.717, 1.165) is 25.9 Å². The van der Waals surface area contributed by atoms with Crippen LogP contribution in [0.25, 0.3) is 0 Å². The van der Waals surface area contributed by atoms with Crippen molar-refractivity contribution in [3.8, 4) is 0 Å². The van der Waals surface area contributed by atoms with E-state index in [9.17, 15) is 9.59 Å². The van der Waals surface area contributed by atoms with E-state index in [0.29, 0.717) is 18.2 Å². The third-order valence-corrected chi connectivity index (χ3v) is 4.54. The maximum Gasteiger partial charge on any atom is 0.243 e. The van der Waals surface area contributed by atoms with E-state index in [4.69, 9.17) is 0 Å². The Bertz CT molecular complexity index is 331. The number of carbonyl (C=O) groups excluding carboxylic acids is 2. The van der Waals surface area contributed by atoms with Crippen molar-refractivity contribution in [1.29, 1.82) is 0 Å². The van der Waals surface area contributed by atoms with Crippen LogP contribution in [0.5, 0.6) is 0 Å². The summed E-state index contributed by atoms with van der Waals surface area (Å²) in [6, 6.07) is -0.298. The van der Waals surface area contributed by atoms with Crippen LogP contribution in [0.1, 0.15) is 33.6 Å². The monoisotopic (exact) mass is 337 g/mol. The number of amides is 2. The van der Waals surface area contributed by atoms with E-state index in [1.807, 2.05) is 13.8 Å². The van der Waals surface area contributed by atoms with Crippen molar-refractivity contribution in [2.45, 2.75) is 39.7 Å². The Kier molecular flexibility index (Phi) is 10.9. The summed E-state index contributed by atoms with van der Waals surface area (Å²) < 4.78 is 0. The maximum absolute atomic E-state index is 12.2. The van der Waals surface area contributed by atoms with Crippen molar-refractivity contribution in [3.05, 3.63) is 0 Å². The normalized spacial score (nSPS) is 19.0. The van der Waals surface area contributed by atoms with Crippen LogP contribution in [0.2, 0.25) is 0 Å². The molecule has 2 atom stereocenters. The van der Waals surface area contributed by atoms with E-state index in [2.05, 4.69) is 17.6 Å². The molecule has 0 saturated carbocycles. The van der Waals surface area contributed by atoms with Crippen LogP contribution in [-0.2, 0) is 9.59 Å². The highest BCUT2D eigenvalue weighted by atomic mass is 35.5. The smallest absolute Gasteiger partial charge is 0.243 e. The Morgan fingerprint density at radius 1 is 1.29 bits per heavy atom. The molecule has 5 nitrogen and oxygen atoms in total. The fraction of sp³-hybridized carbons (Fsp3) is 0.857. The molecule has 2 N–H and O–H groups in total. The van der Waals surface area contributed by atoms with Crippen LogP contribution < -0.4 is 10.6 Å². The predicted molar refractivity (Wildman–Crippen MR) is 90.8 cm³/mol. The van der Waals surface area contributed by atoms with Gasteiger partial charge in [0.1, 0.15) is 6.04 Å². The average Bonchev–Trinajstić information content (AvgIpc) is 2.94. The highest BCUT2D eigenvalue weighted by Crippen LogP contribution is 2.23. The molecule has 2 unspecified atom stereocenters. The van der Waals surface area contributed by atoms with E-state index in [1.165, 1.54) is 0 Å². The standard InChI is InChI=1S/C14H27N3O2S.ClH/c1-4-6-15-7-8-16-13(18)12-9-20-10-17(12)14(19)11(3)5-2;/h11-12,15H,4-10H2,1-3H3,(H,16,18);1H. The summed E-state index contributed by atoms with van der Waals surface area (Å²) in [7, 11) is 0. The molecule has 21 heavy (non-hydrogen) atoms. The largest absolute Gasteiger partial charge is 0.353 e. The van der Waals surface area contributed by atoms with Crippen molar-refractivity contribution in [2.75, 3.05) is 31.3 Å². The Hall–Kier alpha value is -0.460. The number of nitrogens with zero attached hydrogens (tertiary/aromatic N) is 1. The minimum absolute atomic E-state index is 0. The van der Waals surface area contributed by atoms with Crippen molar-refractivity contribution in [2.24, 2.45) is 5.92 Å². The fourth-order valence-corrected chi connectivity index (χ4v) is 3.19. The third-order valence-electron chi connectivity index (χ3n) is 3.53. The molecule has 1 fully saturated rings. The third kappa shape index (κ3) is 6.45.